The van der Waals surface area contributed by atoms with Crippen molar-refractivity contribution in [2.75, 3.05) is 32.8 Å². The number of hydrogen-bond donors (Lipinski definition) is 1. The fraction of sp³-hybridized carbons (Fsp3) is 0.588. The summed E-state index contributed by atoms with van der Waals surface area (Å²) in [5.74, 6) is 0.514. The lowest BCUT2D eigenvalue weighted by Gasteiger charge is -2.36. The van der Waals surface area contributed by atoms with Crippen LogP contribution in [0.3, 0.4) is 0 Å². The van der Waals surface area contributed by atoms with Gasteiger partial charge in [0, 0.05) is 12.5 Å². The van der Waals surface area contributed by atoms with Gasteiger partial charge in [-0.3, -0.25) is 4.79 Å². The van der Waals surface area contributed by atoms with Crippen LogP contribution in [0, 0.1) is 12.8 Å². The van der Waals surface area contributed by atoms with E-state index in [-0.39, 0.29) is 12.0 Å². The van der Waals surface area contributed by atoms with Crippen LogP contribution in [-0.2, 0) is 9.53 Å². The average molecular weight is 288 g/mol. The number of ether oxygens (including phenoxy) is 1. The van der Waals surface area contributed by atoms with Crippen molar-refractivity contribution in [2.45, 2.75) is 25.9 Å². The molecule has 4 nitrogen and oxygen atoms in total. The van der Waals surface area contributed by atoms with Crippen molar-refractivity contribution < 1.29 is 9.53 Å². The van der Waals surface area contributed by atoms with Crippen LogP contribution in [0.2, 0.25) is 0 Å². The minimum Gasteiger partial charge on any atom is -0.370 e. The van der Waals surface area contributed by atoms with Crippen LogP contribution in [-0.4, -0.2) is 43.6 Å². The first kappa shape index (κ1) is 14.5. The number of aryl methyl sites for hydroxylation is 1. The maximum absolute atomic E-state index is 12.7. The molecule has 1 unspecified atom stereocenters. The third kappa shape index (κ3) is 3.27. The Morgan fingerprint density at radius 3 is 2.81 bits per heavy atom. The lowest BCUT2D eigenvalue weighted by atomic mass is 9.95. The number of nitrogens with one attached hydrogen (secondary N) is 1. The fourth-order valence-corrected chi connectivity index (χ4v) is 3.31. The molecule has 1 aromatic rings. The molecule has 2 saturated heterocycles. The Bertz CT molecular complexity index is 497. The number of benzene rings is 1. The Labute approximate surface area is 126 Å². The number of carbonyl (C=O) groups is 1. The standard InChI is InChI=1S/C17H24N2O2/c1-13-4-2-3-5-15(13)16-12-19(10-11-21-16)17(20)14-6-8-18-9-7-14/h2-5,14,16,18H,6-12H2,1H3. The van der Waals surface area contributed by atoms with Crippen LogP contribution in [0.4, 0.5) is 0 Å². The SMILES string of the molecule is Cc1ccccc1C1CN(C(=O)C2CCNCC2)CCO1. The van der Waals surface area contributed by atoms with Gasteiger partial charge >= 0.3 is 0 Å². The first-order chi connectivity index (χ1) is 10.3. The van der Waals surface area contributed by atoms with E-state index in [0.717, 1.165) is 32.5 Å². The largest absolute Gasteiger partial charge is 0.370 e. The number of carbonyl (C=O) groups excluding carboxylic acids is 1. The van der Waals surface area contributed by atoms with Gasteiger partial charge in [-0.2, -0.15) is 0 Å². The molecule has 4 heteroatoms. The highest BCUT2D eigenvalue weighted by atomic mass is 16.5. The average Bonchev–Trinajstić information content (AvgIpc) is 2.55. The van der Waals surface area contributed by atoms with Crippen molar-refractivity contribution in [3.8, 4) is 0 Å². The van der Waals surface area contributed by atoms with Gasteiger partial charge in [0.2, 0.25) is 5.91 Å². The minimum atomic E-state index is 0.0191. The minimum absolute atomic E-state index is 0.0191. The molecule has 1 aromatic carbocycles. The molecule has 3 rings (SSSR count). The fourth-order valence-electron chi connectivity index (χ4n) is 3.31. The molecular formula is C17H24N2O2. The first-order valence-corrected chi connectivity index (χ1v) is 7.92. The summed E-state index contributed by atoms with van der Waals surface area (Å²) in [5.41, 5.74) is 2.44. The molecule has 2 aliphatic heterocycles. The van der Waals surface area contributed by atoms with Crippen LogP contribution in [0.25, 0.3) is 0 Å². The summed E-state index contributed by atoms with van der Waals surface area (Å²) in [6, 6.07) is 8.30. The maximum atomic E-state index is 12.7. The van der Waals surface area contributed by atoms with Gasteiger partial charge < -0.3 is 15.0 Å². The van der Waals surface area contributed by atoms with E-state index >= 15 is 0 Å². The maximum Gasteiger partial charge on any atom is 0.225 e. The van der Waals surface area contributed by atoms with Crippen molar-refractivity contribution in [2.24, 2.45) is 5.92 Å². The van der Waals surface area contributed by atoms with Crippen molar-refractivity contribution in [1.29, 1.82) is 0 Å². The number of amides is 1. The van der Waals surface area contributed by atoms with Crippen molar-refractivity contribution in [3.63, 3.8) is 0 Å². The molecule has 21 heavy (non-hydrogen) atoms. The topological polar surface area (TPSA) is 41.6 Å². The Morgan fingerprint density at radius 2 is 2.05 bits per heavy atom. The molecule has 2 heterocycles. The monoisotopic (exact) mass is 288 g/mol. The Hall–Kier alpha value is -1.39. The number of piperidine rings is 1. The smallest absolute Gasteiger partial charge is 0.225 e. The Morgan fingerprint density at radius 1 is 1.29 bits per heavy atom. The molecule has 0 radical (unpaired) electrons. The zero-order chi connectivity index (χ0) is 14.7. The molecule has 0 saturated carbocycles. The second-order valence-corrected chi connectivity index (χ2v) is 6.02. The molecule has 1 atom stereocenters. The molecule has 0 spiro atoms. The quantitative estimate of drug-likeness (QED) is 0.903. The number of morpholine rings is 1. The molecule has 0 aliphatic carbocycles. The first-order valence-electron chi connectivity index (χ1n) is 7.92. The lowest BCUT2D eigenvalue weighted by Crippen LogP contribution is -2.47. The Kier molecular flexibility index (Phi) is 4.56. The highest BCUT2D eigenvalue weighted by molar-refractivity contribution is 5.79. The van der Waals surface area contributed by atoms with Gasteiger partial charge in [-0.25, -0.2) is 0 Å². The van der Waals surface area contributed by atoms with Crippen LogP contribution in [0.1, 0.15) is 30.1 Å². The molecule has 0 bridgehead atoms. The summed E-state index contributed by atoms with van der Waals surface area (Å²) in [7, 11) is 0. The van der Waals surface area contributed by atoms with E-state index in [9.17, 15) is 4.79 Å². The zero-order valence-electron chi connectivity index (χ0n) is 12.7. The van der Waals surface area contributed by atoms with Gasteiger partial charge in [-0.05, 0) is 44.0 Å². The molecule has 2 fully saturated rings. The summed E-state index contributed by atoms with van der Waals surface area (Å²) in [4.78, 5) is 14.7. The molecule has 2 aliphatic rings. The Balaban J connectivity index is 1.68. The van der Waals surface area contributed by atoms with E-state index in [1.807, 2.05) is 17.0 Å². The van der Waals surface area contributed by atoms with E-state index in [1.165, 1.54) is 11.1 Å². The third-order valence-electron chi connectivity index (χ3n) is 4.60. The number of rotatable bonds is 2. The number of nitrogens with zero attached hydrogens (tertiary/aromatic N) is 1. The third-order valence-corrected chi connectivity index (χ3v) is 4.60. The molecular weight excluding hydrogens is 264 g/mol. The second kappa shape index (κ2) is 6.58. The molecule has 114 valence electrons. The summed E-state index contributed by atoms with van der Waals surface area (Å²) in [6.07, 6.45) is 1.95. The van der Waals surface area contributed by atoms with Gasteiger partial charge in [0.25, 0.3) is 0 Å². The van der Waals surface area contributed by atoms with Gasteiger partial charge in [-0.15, -0.1) is 0 Å². The van der Waals surface area contributed by atoms with Crippen LogP contribution < -0.4 is 5.32 Å². The van der Waals surface area contributed by atoms with Crippen molar-refractivity contribution in [1.82, 2.24) is 10.2 Å². The number of hydrogen-bond acceptors (Lipinski definition) is 3. The van der Waals surface area contributed by atoms with E-state index in [1.54, 1.807) is 0 Å². The summed E-state index contributed by atoms with van der Waals surface area (Å²) >= 11 is 0. The second-order valence-electron chi connectivity index (χ2n) is 6.02. The van der Waals surface area contributed by atoms with Gasteiger partial charge in [-0.1, -0.05) is 24.3 Å². The van der Waals surface area contributed by atoms with E-state index in [2.05, 4.69) is 24.4 Å². The summed E-state index contributed by atoms with van der Waals surface area (Å²) < 4.78 is 5.91. The molecule has 1 amide bonds. The van der Waals surface area contributed by atoms with E-state index < -0.39 is 0 Å². The van der Waals surface area contributed by atoms with Crippen LogP contribution >= 0.6 is 0 Å². The van der Waals surface area contributed by atoms with E-state index in [0.29, 0.717) is 19.1 Å². The van der Waals surface area contributed by atoms with E-state index in [4.69, 9.17) is 4.74 Å². The highest BCUT2D eigenvalue weighted by Gasteiger charge is 2.30. The van der Waals surface area contributed by atoms with Gasteiger partial charge in [0.05, 0.1) is 13.2 Å². The normalized spacial score (nSPS) is 24.0. The molecule has 0 aromatic heterocycles. The summed E-state index contributed by atoms with van der Waals surface area (Å²) in [6.45, 7) is 6.07. The lowest BCUT2D eigenvalue weighted by molar-refractivity contribution is -0.144. The predicted molar refractivity (Wildman–Crippen MR) is 82.0 cm³/mol. The summed E-state index contributed by atoms with van der Waals surface area (Å²) in [5, 5.41) is 3.32. The van der Waals surface area contributed by atoms with Crippen molar-refractivity contribution in [3.05, 3.63) is 35.4 Å². The highest BCUT2D eigenvalue weighted by Crippen LogP contribution is 2.26. The molecule has 1 N–H and O–H groups in total. The van der Waals surface area contributed by atoms with Crippen LogP contribution in [0.5, 0.6) is 0 Å². The van der Waals surface area contributed by atoms with Crippen LogP contribution in [0.15, 0.2) is 24.3 Å². The van der Waals surface area contributed by atoms with Gasteiger partial charge in [0.1, 0.15) is 6.10 Å². The predicted octanol–water partition coefficient (Wildman–Crippen LogP) is 1.89. The van der Waals surface area contributed by atoms with Crippen molar-refractivity contribution >= 4 is 5.91 Å². The zero-order valence-corrected chi connectivity index (χ0v) is 12.7. The van der Waals surface area contributed by atoms with Gasteiger partial charge in [0.15, 0.2) is 0 Å².